The largest absolute Gasteiger partial charge is 0.461 e. The van der Waals surface area contributed by atoms with E-state index in [4.69, 9.17) is 4.74 Å². The number of hydrogen-bond acceptors (Lipinski definition) is 4. The first-order valence-electron chi connectivity index (χ1n) is 9.73. The average molecular weight is 353 g/mol. The van der Waals surface area contributed by atoms with Crippen LogP contribution in [-0.2, 0) is 14.3 Å². The predicted molar refractivity (Wildman–Crippen MR) is 100.0 cm³/mol. The zero-order chi connectivity index (χ0) is 19.3. The second kappa shape index (κ2) is 9.51. The molecule has 1 aliphatic heterocycles. The molecule has 0 aromatic heterocycles. The summed E-state index contributed by atoms with van der Waals surface area (Å²) in [5, 5.41) is 10.3. The van der Waals surface area contributed by atoms with Crippen molar-refractivity contribution in [2.45, 2.75) is 79.9 Å². The van der Waals surface area contributed by atoms with Crippen LogP contribution in [0.15, 0.2) is 11.6 Å². The van der Waals surface area contributed by atoms with Gasteiger partial charge in [0.15, 0.2) is 0 Å². The SMILES string of the molecule is CC[C@@H](C)[C@@H](O)[C@H](C)C(=O)[C@H](C)/C=C(\C)C[C@H](C)[C@H]1OC(=O)[C@H]1CC. The van der Waals surface area contributed by atoms with Crippen LogP contribution in [0.3, 0.4) is 0 Å². The Morgan fingerprint density at radius 2 is 1.84 bits per heavy atom. The summed E-state index contributed by atoms with van der Waals surface area (Å²) < 4.78 is 5.30. The van der Waals surface area contributed by atoms with Crippen molar-refractivity contribution >= 4 is 11.8 Å². The molecule has 7 atom stereocenters. The Morgan fingerprint density at radius 3 is 2.32 bits per heavy atom. The number of aliphatic hydroxyl groups excluding tert-OH is 1. The van der Waals surface area contributed by atoms with Gasteiger partial charge in [-0.1, -0.05) is 59.6 Å². The number of rotatable bonds is 10. The Labute approximate surface area is 153 Å². The fourth-order valence-electron chi connectivity index (χ4n) is 3.80. The summed E-state index contributed by atoms with van der Waals surface area (Å²) in [6.07, 6.45) is 3.90. The fraction of sp³-hybridized carbons (Fsp3) is 0.810. The lowest BCUT2D eigenvalue weighted by Crippen LogP contribution is -2.48. The zero-order valence-corrected chi connectivity index (χ0v) is 16.9. The maximum absolute atomic E-state index is 12.6. The number of aliphatic hydroxyl groups is 1. The van der Waals surface area contributed by atoms with Gasteiger partial charge in [0.05, 0.1) is 12.0 Å². The van der Waals surface area contributed by atoms with Crippen LogP contribution in [0.25, 0.3) is 0 Å². The molecule has 1 aliphatic rings. The molecular weight excluding hydrogens is 316 g/mol. The minimum atomic E-state index is -0.590. The van der Waals surface area contributed by atoms with E-state index in [1.807, 2.05) is 47.6 Å². The summed E-state index contributed by atoms with van der Waals surface area (Å²) >= 11 is 0. The van der Waals surface area contributed by atoms with Gasteiger partial charge in [-0.25, -0.2) is 0 Å². The van der Waals surface area contributed by atoms with Crippen LogP contribution in [0.2, 0.25) is 0 Å². The van der Waals surface area contributed by atoms with Crippen LogP contribution in [-0.4, -0.2) is 29.1 Å². The molecule has 0 bridgehead atoms. The lowest BCUT2D eigenvalue weighted by Gasteiger charge is -2.38. The van der Waals surface area contributed by atoms with Gasteiger partial charge in [0.25, 0.3) is 0 Å². The Hall–Kier alpha value is -1.16. The number of allylic oxidation sites excluding steroid dienone is 2. The third kappa shape index (κ3) is 5.40. The highest BCUT2D eigenvalue weighted by Gasteiger charge is 2.43. The van der Waals surface area contributed by atoms with Gasteiger partial charge in [-0.05, 0) is 31.6 Å². The van der Waals surface area contributed by atoms with Crippen molar-refractivity contribution in [3.05, 3.63) is 11.6 Å². The van der Waals surface area contributed by atoms with E-state index < -0.39 is 6.10 Å². The summed E-state index contributed by atoms with van der Waals surface area (Å²) in [5.74, 6) is -0.179. The minimum absolute atomic E-state index is 0.00185. The number of ether oxygens (including phenoxy) is 1. The molecule has 1 heterocycles. The number of Topliss-reactive ketones (excluding diaryl/α,β-unsaturated/α-hetero) is 1. The smallest absolute Gasteiger partial charge is 0.313 e. The second-order valence-corrected chi connectivity index (χ2v) is 7.97. The van der Waals surface area contributed by atoms with Crippen LogP contribution < -0.4 is 0 Å². The van der Waals surface area contributed by atoms with E-state index >= 15 is 0 Å². The van der Waals surface area contributed by atoms with Crippen LogP contribution in [0.5, 0.6) is 0 Å². The van der Waals surface area contributed by atoms with Gasteiger partial charge < -0.3 is 9.84 Å². The van der Waals surface area contributed by atoms with Crippen molar-refractivity contribution in [1.29, 1.82) is 0 Å². The average Bonchev–Trinajstić information content (AvgIpc) is 2.56. The van der Waals surface area contributed by atoms with E-state index in [1.165, 1.54) is 0 Å². The molecule has 0 spiro atoms. The second-order valence-electron chi connectivity index (χ2n) is 7.97. The van der Waals surface area contributed by atoms with Gasteiger partial charge in [0, 0.05) is 11.8 Å². The van der Waals surface area contributed by atoms with E-state index in [9.17, 15) is 14.7 Å². The lowest BCUT2D eigenvalue weighted by atomic mass is 9.81. The highest BCUT2D eigenvalue weighted by atomic mass is 16.6. The molecule has 4 nitrogen and oxygen atoms in total. The number of carbonyl (C=O) groups excluding carboxylic acids is 2. The predicted octanol–water partition coefficient (Wildman–Crippen LogP) is 4.16. The number of esters is 1. The number of hydrogen-bond donors (Lipinski definition) is 1. The van der Waals surface area contributed by atoms with E-state index in [-0.39, 0.29) is 47.4 Å². The van der Waals surface area contributed by atoms with Gasteiger partial charge in [-0.15, -0.1) is 0 Å². The number of carbonyl (C=O) groups is 2. The first-order valence-corrected chi connectivity index (χ1v) is 9.73. The molecule has 1 fully saturated rings. The topological polar surface area (TPSA) is 63.6 Å². The van der Waals surface area contributed by atoms with Gasteiger partial charge in [0.1, 0.15) is 11.9 Å². The standard InChI is InChI=1S/C21H36O4/c1-8-13(4)18(22)16(7)19(23)14(5)10-12(3)11-15(6)20-17(9-2)21(24)25-20/h10,13-18,20,22H,8-9,11H2,1-7H3/b12-10+/t13-,14-,15+,16+,17+,18-,20-/m1/s1. The van der Waals surface area contributed by atoms with Crippen molar-refractivity contribution in [2.75, 3.05) is 0 Å². The molecule has 1 rings (SSSR count). The minimum Gasteiger partial charge on any atom is -0.461 e. The van der Waals surface area contributed by atoms with E-state index in [2.05, 4.69) is 6.92 Å². The summed E-state index contributed by atoms with van der Waals surface area (Å²) in [5.41, 5.74) is 1.14. The Balaban J connectivity index is 2.62. The fourth-order valence-corrected chi connectivity index (χ4v) is 3.80. The first kappa shape index (κ1) is 21.9. The van der Waals surface area contributed by atoms with Crippen LogP contribution in [0.1, 0.15) is 67.7 Å². The van der Waals surface area contributed by atoms with Gasteiger partial charge >= 0.3 is 5.97 Å². The van der Waals surface area contributed by atoms with E-state index in [0.29, 0.717) is 0 Å². The zero-order valence-electron chi connectivity index (χ0n) is 16.9. The molecule has 0 saturated carbocycles. The molecule has 0 aromatic carbocycles. The summed E-state index contributed by atoms with van der Waals surface area (Å²) in [7, 11) is 0. The van der Waals surface area contributed by atoms with Crippen molar-refractivity contribution < 1.29 is 19.4 Å². The van der Waals surface area contributed by atoms with E-state index in [1.54, 1.807) is 0 Å². The number of cyclic esters (lactones) is 1. The number of ketones is 1. The molecule has 4 heteroatoms. The maximum Gasteiger partial charge on any atom is 0.313 e. The third-order valence-electron chi connectivity index (χ3n) is 5.77. The Morgan fingerprint density at radius 1 is 1.24 bits per heavy atom. The highest BCUT2D eigenvalue weighted by molar-refractivity contribution is 5.85. The van der Waals surface area contributed by atoms with Crippen molar-refractivity contribution in [3.63, 3.8) is 0 Å². The normalized spacial score (nSPS) is 26.9. The highest BCUT2D eigenvalue weighted by Crippen LogP contribution is 2.34. The molecule has 144 valence electrons. The monoisotopic (exact) mass is 352 g/mol. The molecule has 0 radical (unpaired) electrons. The molecular formula is C21H36O4. The summed E-state index contributed by atoms with van der Waals surface area (Å²) in [6.45, 7) is 13.9. The van der Waals surface area contributed by atoms with Crippen molar-refractivity contribution in [1.82, 2.24) is 0 Å². The molecule has 0 aliphatic carbocycles. The molecule has 1 saturated heterocycles. The van der Waals surface area contributed by atoms with E-state index in [0.717, 1.165) is 24.8 Å². The van der Waals surface area contributed by atoms with Gasteiger partial charge in [0.2, 0.25) is 0 Å². The molecule has 1 N–H and O–H groups in total. The lowest BCUT2D eigenvalue weighted by molar-refractivity contribution is -0.191. The third-order valence-corrected chi connectivity index (χ3v) is 5.77. The Bertz CT molecular complexity index is 496. The van der Waals surface area contributed by atoms with Crippen molar-refractivity contribution in [2.24, 2.45) is 29.6 Å². The molecule has 0 amide bonds. The van der Waals surface area contributed by atoms with Crippen LogP contribution in [0, 0.1) is 29.6 Å². The van der Waals surface area contributed by atoms with Gasteiger partial charge in [-0.2, -0.15) is 0 Å². The van der Waals surface area contributed by atoms with Crippen molar-refractivity contribution in [3.8, 4) is 0 Å². The summed E-state index contributed by atoms with van der Waals surface area (Å²) in [4.78, 5) is 24.0. The van der Waals surface area contributed by atoms with Gasteiger partial charge in [-0.3, -0.25) is 9.59 Å². The van der Waals surface area contributed by atoms with Crippen LogP contribution in [0.4, 0.5) is 0 Å². The summed E-state index contributed by atoms with van der Waals surface area (Å²) in [6, 6.07) is 0. The maximum atomic E-state index is 12.6. The molecule has 0 aromatic rings. The first-order chi connectivity index (χ1) is 11.6. The molecule has 25 heavy (non-hydrogen) atoms. The quantitative estimate of drug-likeness (QED) is 0.474. The molecule has 0 unspecified atom stereocenters. The Kier molecular flexibility index (Phi) is 8.33. The van der Waals surface area contributed by atoms with Crippen LogP contribution >= 0.6 is 0 Å².